The van der Waals surface area contributed by atoms with Gasteiger partial charge in [0.05, 0.1) is 6.61 Å². The van der Waals surface area contributed by atoms with Gasteiger partial charge in [-0.2, -0.15) is 0 Å². The van der Waals surface area contributed by atoms with Gasteiger partial charge in [0.2, 0.25) is 5.67 Å². The molecule has 0 fully saturated rings. The van der Waals surface area contributed by atoms with Crippen molar-refractivity contribution in [3.63, 3.8) is 0 Å². The van der Waals surface area contributed by atoms with E-state index in [2.05, 4.69) is 16.9 Å². The number of hydrogen-bond acceptors (Lipinski definition) is 5. The lowest BCUT2D eigenvalue weighted by Crippen LogP contribution is -2.34. The van der Waals surface area contributed by atoms with Gasteiger partial charge in [0.1, 0.15) is 5.75 Å². The fraction of sp³-hybridized carbons (Fsp3) is 0.564. The van der Waals surface area contributed by atoms with Crippen LogP contribution in [0.1, 0.15) is 130 Å². The van der Waals surface area contributed by atoms with E-state index < -0.39 is 17.5 Å². The number of carbonyl (C=O) groups is 1. The molecule has 3 rings (SSSR count). The van der Waals surface area contributed by atoms with Crippen LogP contribution in [0.5, 0.6) is 11.5 Å². The van der Waals surface area contributed by atoms with Crippen molar-refractivity contribution < 1.29 is 23.0 Å². The standard InChI is InChI=1S/C39H54F2N2O3/c1-4-6-8-9-10-11-12-13-14-15-16-17-19-27-45-36-25-22-32(28-35(36)40)37-42-29-33(30-43-37)31-20-23-34(24-21-31)46-38(44)39(3,41)26-18-7-5-2/h20-25,28-30H,4-19,26-27H2,1-3H3/t39-/m0/s1. The highest BCUT2D eigenvalue weighted by Crippen LogP contribution is 2.28. The first-order valence-corrected chi connectivity index (χ1v) is 17.6. The highest BCUT2D eigenvalue weighted by Gasteiger charge is 2.34. The number of alkyl halides is 1. The van der Waals surface area contributed by atoms with Crippen molar-refractivity contribution in [3.05, 3.63) is 60.7 Å². The van der Waals surface area contributed by atoms with E-state index in [9.17, 15) is 13.6 Å². The van der Waals surface area contributed by atoms with Gasteiger partial charge in [0.15, 0.2) is 17.4 Å². The van der Waals surface area contributed by atoms with Crippen LogP contribution in [0.15, 0.2) is 54.9 Å². The highest BCUT2D eigenvalue weighted by atomic mass is 19.1. The molecule has 0 unspecified atom stereocenters. The molecule has 2 aromatic carbocycles. The van der Waals surface area contributed by atoms with Crippen LogP contribution in [0.4, 0.5) is 8.78 Å². The van der Waals surface area contributed by atoms with Crippen molar-refractivity contribution in [1.29, 1.82) is 0 Å². The van der Waals surface area contributed by atoms with E-state index in [1.165, 1.54) is 83.6 Å². The molecular weight excluding hydrogens is 582 g/mol. The van der Waals surface area contributed by atoms with E-state index in [4.69, 9.17) is 9.47 Å². The van der Waals surface area contributed by atoms with Gasteiger partial charge < -0.3 is 9.47 Å². The molecular formula is C39H54F2N2O3. The van der Waals surface area contributed by atoms with E-state index in [-0.39, 0.29) is 17.9 Å². The van der Waals surface area contributed by atoms with Crippen LogP contribution in [0, 0.1) is 5.82 Å². The first kappa shape index (κ1) is 37.1. The lowest BCUT2D eigenvalue weighted by atomic mass is 10.0. The molecule has 0 saturated carbocycles. The van der Waals surface area contributed by atoms with Crippen LogP contribution in [-0.2, 0) is 4.79 Å². The van der Waals surface area contributed by atoms with Crippen LogP contribution < -0.4 is 9.47 Å². The maximum absolute atomic E-state index is 14.8. The highest BCUT2D eigenvalue weighted by molar-refractivity contribution is 5.81. The van der Waals surface area contributed by atoms with Gasteiger partial charge in [-0.1, -0.05) is 116 Å². The Morgan fingerprint density at radius 2 is 1.22 bits per heavy atom. The van der Waals surface area contributed by atoms with Crippen molar-refractivity contribution in [2.24, 2.45) is 0 Å². The molecule has 252 valence electrons. The lowest BCUT2D eigenvalue weighted by molar-refractivity contribution is -0.147. The van der Waals surface area contributed by atoms with Crippen LogP contribution in [0.3, 0.4) is 0 Å². The summed E-state index contributed by atoms with van der Waals surface area (Å²) < 4.78 is 40.5. The average molecular weight is 637 g/mol. The molecule has 1 aromatic heterocycles. The molecule has 0 saturated heterocycles. The number of nitrogens with zero attached hydrogens (tertiary/aromatic N) is 2. The first-order chi connectivity index (χ1) is 22.3. The zero-order chi connectivity index (χ0) is 33.0. The Labute approximate surface area is 275 Å². The van der Waals surface area contributed by atoms with Crippen molar-refractivity contribution in [1.82, 2.24) is 9.97 Å². The number of aromatic nitrogens is 2. The Morgan fingerprint density at radius 3 is 1.78 bits per heavy atom. The smallest absolute Gasteiger partial charge is 0.348 e. The van der Waals surface area contributed by atoms with E-state index in [0.717, 1.165) is 36.8 Å². The molecule has 0 amide bonds. The minimum Gasteiger partial charge on any atom is -0.491 e. The third-order valence-electron chi connectivity index (χ3n) is 8.42. The summed E-state index contributed by atoms with van der Waals surface area (Å²) in [4.78, 5) is 21.2. The summed E-state index contributed by atoms with van der Waals surface area (Å²) in [6.45, 7) is 6.06. The van der Waals surface area contributed by atoms with Crippen molar-refractivity contribution in [2.45, 2.75) is 136 Å². The van der Waals surface area contributed by atoms with Gasteiger partial charge in [-0.25, -0.2) is 23.5 Å². The van der Waals surface area contributed by atoms with Gasteiger partial charge in [0, 0.05) is 23.5 Å². The number of rotatable bonds is 23. The van der Waals surface area contributed by atoms with Gasteiger partial charge >= 0.3 is 5.97 Å². The molecule has 0 aliphatic rings. The Morgan fingerprint density at radius 1 is 0.696 bits per heavy atom. The Kier molecular flexibility index (Phi) is 16.7. The van der Waals surface area contributed by atoms with Crippen LogP contribution in [-0.4, -0.2) is 28.2 Å². The Balaban J connectivity index is 1.37. The Bertz CT molecular complexity index is 1280. The number of hydrogen-bond donors (Lipinski definition) is 0. The first-order valence-electron chi connectivity index (χ1n) is 17.6. The molecule has 7 heteroatoms. The predicted molar refractivity (Wildman–Crippen MR) is 183 cm³/mol. The normalized spacial score (nSPS) is 12.5. The summed E-state index contributed by atoms with van der Waals surface area (Å²) in [6, 6.07) is 11.6. The molecule has 5 nitrogen and oxygen atoms in total. The summed E-state index contributed by atoms with van der Waals surface area (Å²) in [6.07, 6.45) is 22.6. The fourth-order valence-electron chi connectivity index (χ4n) is 5.42. The quantitative estimate of drug-likeness (QED) is 0.0589. The van der Waals surface area contributed by atoms with Crippen LogP contribution in [0.25, 0.3) is 22.5 Å². The van der Waals surface area contributed by atoms with Crippen molar-refractivity contribution >= 4 is 5.97 Å². The second-order valence-electron chi connectivity index (χ2n) is 12.6. The Hall–Kier alpha value is -3.35. The van der Waals surface area contributed by atoms with E-state index in [1.807, 2.05) is 6.92 Å². The number of esters is 1. The summed E-state index contributed by atoms with van der Waals surface area (Å²) in [5.41, 5.74) is 0.0933. The zero-order valence-electron chi connectivity index (χ0n) is 28.3. The predicted octanol–water partition coefficient (Wildman–Crippen LogP) is 11.6. The topological polar surface area (TPSA) is 61.3 Å². The molecule has 0 radical (unpaired) electrons. The molecule has 0 aliphatic heterocycles. The van der Waals surface area contributed by atoms with Gasteiger partial charge in [0.25, 0.3) is 0 Å². The van der Waals surface area contributed by atoms with Crippen molar-refractivity contribution in [2.75, 3.05) is 6.61 Å². The number of ether oxygens (including phenoxy) is 2. The zero-order valence-corrected chi connectivity index (χ0v) is 28.3. The SMILES string of the molecule is CCCCCCCCCCCCCCCOc1ccc(-c2ncc(-c3ccc(OC(=O)[C@@](C)(F)CCCCC)cc3)cn2)cc1F. The number of unbranched alkanes of at least 4 members (excludes halogenated alkanes) is 14. The van der Waals surface area contributed by atoms with Crippen LogP contribution in [0.2, 0.25) is 0 Å². The summed E-state index contributed by atoms with van der Waals surface area (Å²) in [7, 11) is 0. The minimum absolute atomic E-state index is 0.139. The number of benzene rings is 2. The lowest BCUT2D eigenvalue weighted by Gasteiger charge is -2.18. The largest absolute Gasteiger partial charge is 0.491 e. The maximum atomic E-state index is 14.8. The van der Waals surface area contributed by atoms with Crippen molar-refractivity contribution in [3.8, 4) is 34.0 Å². The summed E-state index contributed by atoms with van der Waals surface area (Å²) in [5.74, 6) is -0.389. The number of carbonyl (C=O) groups excluding carboxylic acids is 1. The fourth-order valence-corrected chi connectivity index (χ4v) is 5.42. The molecule has 3 aromatic rings. The second-order valence-corrected chi connectivity index (χ2v) is 12.6. The molecule has 46 heavy (non-hydrogen) atoms. The third-order valence-corrected chi connectivity index (χ3v) is 8.42. The van der Waals surface area contributed by atoms with Gasteiger partial charge in [-0.3, -0.25) is 0 Å². The van der Waals surface area contributed by atoms with E-state index in [1.54, 1.807) is 48.8 Å². The minimum atomic E-state index is -2.02. The maximum Gasteiger partial charge on any atom is 0.348 e. The van der Waals surface area contributed by atoms with Crippen LogP contribution >= 0.6 is 0 Å². The summed E-state index contributed by atoms with van der Waals surface area (Å²) in [5, 5.41) is 0. The molecule has 0 spiro atoms. The van der Waals surface area contributed by atoms with Gasteiger partial charge in [-0.05, 0) is 62.1 Å². The van der Waals surface area contributed by atoms with Gasteiger partial charge in [-0.15, -0.1) is 0 Å². The average Bonchev–Trinajstić information content (AvgIpc) is 3.06. The molecule has 1 atom stereocenters. The molecule has 0 aliphatic carbocycles. The third kappa shape index (κ3) is 13.2. The molecule has 0 N–H and O–H groups in total. The molecule has 1 heterocycles. The number of halogens is 2. The second kappa shape index (κ2) is 20.7. The summed E-state index contributed by atoms with van der Waals surface area (Å²) >= 11 is 0. The van der Waals surface area contributed by atoms with E-state index in [0.29, 0.717) is 24.4 Å². The monoisotopic (exact) mass is 636 g/mol. The molecule has 0 bridgehead atoms. The van der Waals surface area contributed by atoms with E-state index >= 15 is 0 Å².